The number of nitrogens with two attached hydrogens (primary N) is 1. The summed E-state index contributed by atoms with van der Waals surface area (Å²) in [6.07, 6.45) is 8.30. The second-order valence-corrected chi connectivity index (χ2v) is 23.8. The van der Waals surface area contributed by atoms with Crippen molar-refractivity contribution in [2.24, 2.45) is 24.6 Å². The van der Waals surface area contributed by atoms with Crippen LogP contribution in [0.5, 0.6) is 11.6 Å². The van der Waals surface area contributed by atoms with Crippen LogP contribution in [0.15, 0.2) is 60.7 Å². The predicted molar refractivity (Wildman–Crippen MR) is 298 cm³/mol. The molecular weight excluding hydrogens is 1010 g/mol. The summed E-state index contributed by atoms with van der Waals surface area (Å²) < 4.78 is 43.8. The number of carbonyl (C=O) groups excluding carboxylic acids is 2. The molecule has 408 valence electrons. The van der Waals surface area contributed by atoms with E-state index < -0.39 is 17.6 Å². The largest absolute Gasteiger partial charge is 0.494 e. The van der Waals surface area contributed by atoms with Gasteiger partial charge in [-0.2, -0.15) is 16.7 Å². The van der Waals surface area contributed by atoms with E-state index in [2.05, 4.69) is 31.3 Å². The van der Waals surface area contributed by atoms with Crippen LogP contribution in [0.25, 0.3) is 67.2 Å². The summed E-state index contributed by atoms with van der Waals surface area (Å²) in [5, 5.41) is 16.3. The minimum Gasteiger partial charge on any atom is -0.494 e. The van der Waals surface area contributed by atoms with Gasteiger partial charge in [-0.15, -0.1) is 0 Å². The predicted octanol–water partition coefficient (Wildman–Crippen LogP) is 7.69. The van der Waals surface area contributed by atoms with E-state index in [-0.39, 0.29) is 35.6 Å². The topological polar surface area (TPSA) is 198 Å². The lowest BCUT2D eigenvalue weighted by atomic mass is 9.99. The molecule has 4 atom stereocenters. The Morgan fingerprint density at radius 2 is 1.46 bits per heavy atom. The molecule has 78 heavy (non-hydrogen) atoms. The normalized spacial score (nSPS) is 21.1. The highest BCUT2D eigenvalue weighted by Gasteiger charge is 2.39. The first-order valence-corrected chi connectivity index (χ1v) is 28.9. The SMILES string of the molecule is COc1cc(C(=O)N2CCC[C@@H](N)C2)cc2nc(-c3cc4ccc(OC5CO[C@@H]6CCN(C(=O)c7cc(F)c8c(c7)nc(-c7cc9ccc(C(C)(C)O)nc9n7CC7CC7)n8C)C[C@@H]6N5)nc4n3CC3CC3)n(CCSC)c12. The van der Waals surface area contributed by atoms with Crippen LogP contribution in [0.2, 0.25) is 0 Å². The molecule has 2 aliphatic carbocycles. The molecule has 20 heteroatoms. The highest BCUT2D eigenvalue weighted by atomic mass is 32.2. The van der Waals surface area contributed by atoms with Gasteiger partial charge >= 0.3 is 0 Å². The number of amides is 2. The van der Waals surface area contributed by atoms with Crippen LogP contribution in [0.4, 0.5) is 4.39 Å². The average molecular weight is 1080 g/mol. The van der Waals surface area contributed by atoms with Crippen LogP contribution < -0.4 is 20.5 Å². The van der Waals surface area contributed by atoms with Crippen molar-refractivity contribution in [3.8, 4) is 34.7 Å². The number of benzene rings is 2. The standard InChI is InChI=1S/C58H67FN12O6S/c1-58(2,74)47-14-12-34-24-43(70(52(34)64-47)27-32-8-9-32)54-62-40-22-36(21-39(59)50(40)66(54)3)56(72)68-18-16-45-42(30-68)61-49(31-76-45)77-48-15-13-35-25-44(71(53(35)65-48)28-33-10-11-33)55-63-41-23-37(57(73)67-17-6-7-38(60)29-67)26-46(75-4)51(41)69(55)19-20-78-5/h12-15,21-26,32-33,38,42,45,49,61,74H,6-11,16-20,27-31,60H2,1-5H3/t38-,42+,45-,49?/m1/s1. The number of fused-ring (bicyclic) bond motifs is 5. The Morgan fingerprint density at radius 3 is 2.14 bits per heavy atom. The molecule has 3 saturated heterocycles. The first-order chi connectivity index (χ1) is 37.7. The first-order valence-electron chi connectivity index (χ1n) is 27.6. The van der Waals surface area contributed by atoms with E-state index in [1.54, 1.807) is 55.3 Å². The maximum absolute atomic E-state index is 16.4. The number of nitrogens with one attached hydrogen (secondary N) is 1. The Labute approximate surface area is 455 Å². The van der Waals surface area contributed by atoms with Crippen molar-refractivity contribution < 1.29 is 33.3 Å². The van der Waals surface area contributed by atoms with Gasteiger partial charge in [0.2, 0.25) is 5.88 Å². The molecule has 18 nitrogen and oxygen atoms in total. The molecule has 0 radical (unpaired) electrons. The summed E-state index contributed by atoms with van der Waals surface area (Å²) >= 11 is 1.76. The highest BCUT2D eigenvalue weighted by molar-refractivity contribution is 7.98. The lowest BCUT2D eigenvalue weighted by molar-refractivity contribution is -0.0989. The fourth-order valence-electron chi connectivity index (χ4n) is 12.0. The number of likely N-dealkylation sites (tertiary alicyclic amines) is 2. The second kappa shape index (κ2) is 20.0. The zero-order valence-corrected chi connectivity index (χ0v) is 45.7. The van der Waals surface area contributed by atoms with E-state index in [1.807, 2.05) is 47.4 Å². The number of aryl methyl sites for hydroxylation is 2. The van der Waals surface area contributed by atoms with E-state index in [9.17, 15) is 14.7 Å². The van der Waals surface area contributed by atoms with Gasteiger partial charge in [0.05, 0.1) is 54.0 Å². The minimum atomic E-state index is -1.12. The lowest BCUT2D eigenvalue weighted by Crippen LogP contribution is -2.63. The number of aromatic nitrogens is 8. The number of halogens is 1. The second-order valence-electron chi connectivity index (χ2n) is 22.8. The summed E-state index contributed by atoms with van der Waals surface area (Å²) in [7, 11) is 3.45. The van der Waals surface area contributed by atoms with Crippen molar-refractivity contribution in [3.63, 3.8) is 0 Å². The van der Waals surface area contributed by atoms with Gasteiger partial charge in [-0.1, -0.05) is 0 Å². The van der Waals surface area contributed by atoms with Gasteiger partial charge in [0.15, 0.2) is 17.9 Å². The zero-order valence-electron chi connectivity index (χ0n) is 44.9. The third kappa shape index (κ3) is 9.45. The molecule has 2 aromatic carbocycles. The summed E-state index contributed by atoms with van der Waals surface area (Å²) in [5.74, 6) is 3.38. The van der Waals surface area contributed by atoms with Crippen LogP contribution >= 0.6 is 11.8 Å². The Morgan fingerprint density at radius 1 is 0.808 bits per heavy atom. The molecule has 1 unspecified atom stereocenters. The number of carbonyl (C=O) groups is 2. The number of thioether (sulfide) groups is 1. The number of methoxy groups -OCH3 is 1. The van der Waals surface area contributed by atoms with Crippen molar-refractivity contribution in [1.82, 2.24) is 53.3 Å². The summed E-state index contributed by atoms with van der Waals surface area (Å²) in [6.45, 7) is 7.90. The number of morpholine rings is 1. The first kappa shape index (κ1) is 50.9. The van der Waals surface area contributed by atoms with Gasteiger partial charge in [-0.05, 0) is 131 Å². The third-order valence-electron chi connectivity index (χ3n) is 16.5. The number of ether oxygens (including phenoxy) is 3. The van der Waals surface area contributed by atoms with Gasteiger partial charge in [-0.25, -0.2) is 19.3 Å². The minimum absolute atomic E-state index is 0.0375. The van der Waals surface area contributed by atoms with Crippen LogP contribution in [0.1, 0.15) is 85.2 Å². The molecule has 6 aromatic heterocycles. The van der Waals surface area contributed by atoms with Gasteiger partial charge < -0.3 is 53.1 Å². The van der Waals surface area contributed by atoms with Crippen LogP contribution in [-0.2, 0) is 37.0 Å². The van der Waals surface area contributed by atoms with E-state index >= 15 is 4.39 Å². The molecule has 0 bridgehead atoms. The summed E-state index contributed by atoms with van der Waals surface area (Å²) in [6, 6.07) is 18.4. The van der Waals surface area contributed by atoms with Gasteiger partial charge in [0, 0.05) is 92.6 Å². The summed E-state index contributed by atoms with van der Waals surface area (Å²) in [5.41, 5.74) is 12.0. The quantitative estimate of drug-likeness (QED) is 0.0905. The molecule has 5 fully saturated rings. The van der Waals surface area contributed by atoms with Crippen molar-refractivity contribution in [3.05, 3.63) is 83.3 Å². The van der Waals surface area contributed by atoms with Crippen molar-refractivity contribution in [2.45, 2.75) is 108 Å². The van der Waals surface area contributed by atoms with E-state index in [0.29, 0.717) is 103 Å². The fourth-order valence-corrected chi connectivity index (χ4v) is 12.4. The smallest absolute Gasteiger partial charge is 0.254 e. The van der Waals surface area contributed by atoms with Crippen LogP contribution in [-0.4, -0.2) is 141 Å². The number of nitrogens with zero attached hydrogens (tertiary/aromatic N) is 10. The van der Waals surface area contributed by atoms with Gasteiger partial charge in [0.25, 0.3) is 11.8 Å². The van der Waals surface area contributed by atoms with Crippen molar-refractivity contribution in [1.29, 1.82) is 0 Å². The third-order valence-corrected chi connectivity index (χ3v) is 17.1. The van der Waals surface area contributed by atoms with E-state index in [0.717, 1.165) is 102 Å². The number of piperidine rings is 2. The summed E-state index contributed by atoms with van der Waals surface area (Å²) in [4.78, 5) is 52.2. The monoisotopic (exact) mass is 1080 g/mol. The number of pyridine rings is 2. The molecule has 0 spiro atoms. The average Bonchev–Trinajstić information content (AvgIpc) is 4.49. The number of rotatable bonds is 15. The molecule has 5 aliphatic rings. The van der Waals surface area contributed by atoms with Crippen LogP contribution in [0.3, 0.4) is 0 Å². The number of hydrogen-bond donors (Lipinski definition) is 3. The zero-order chi connectivity index (χ0) is 53.7. The van der Waals surface area contributed by atoms with Crippen molar-refractivity contribution in [2.75, 3.05) is 51.9 Å². The van der Waals surface area contributed by atoms with Gasteiger partial charge in [-0.3, -0.25) is 14.9 Å². The number of aliphatic hydroxyl groups is 1. The van der Waals surface area contributed by atoms with E-state index in [1.165, 1.54) is 6.07 Å². The fraction of sp³-hybridized carbons (Fsp3) is 0.483. The molecule has 2 amide bonds. The Balaban J connectivity index is 0.749. The van der Waals surface area contributed by atoms with E-state index in [4.69, 9.17) is 39.9 Å². The lowest BCUT2D eigenvalue weighted by Gasteiger charge is -2.43. The maximum atomic E-state index is 16.4. The van der Waals surface area contributed by atoms with Crippen LogP contribution in [0, 0.1) is 17.7 Å². The number of imidazole rings is 2. The molecule has 8 aromatic rings. The Hall–Kier alpha value is -6.58. The molecule has 3 aliphatic heterocycles. The molecule has 9 heterocycles. The Kier molecular flexibility index (Phi) is 13.0. The molecule has 4 N–H and O–H groups in total. The molecule has 13 rings (SSSR count). The Bertz CT molecular complexity index is 3670. The van der Waals surface area contributed by atoms with Crippen molar-refractivity contribution >= 4 is 67.7 Å². The molecule has 2 saturated carbocycles. The molecular formula is C58H67FN12O6S. The number of hydrogen-bond acceptors (Lipinski definition) is 13. The van der Waals surface area contributed by atoms with Gasteiger partial charge in [0.1, 0.15) is 39.5 Å². The highest BCUT2D eigenvalue weighted by Crippen LogP contribution is 2.41. The maximum Gasteiger partial charge on any atom is 0.254 e.